The smallest absolute Gasteiger partial charge is 0.0686 e. The van der Waals surface area contributed by atoms with E-state index in [9.17, 15) is 0 Å². The van der Waals surface area contributed by atoms with Gasteiger partial charge in [-0.05, 0) is 30.3 Å². The number of benzene rings is 1. The Hall–Kier alpha value is -1.41. The first-order valence-electron chi connectivity index (χ1n) is 4.54. The molecule has 0 unspecified atom stereocenters. The first-order valence-corrected chi connectivity index (χ1v) is 4.92. The Morgan fingerprint density at radius 2 is 2.21 bits per heavy atom. The average molecular weight is 205 g/mol. The van der Waals surface area contributed by atoms with Crippen molar-refractivity contribution in [3.05, 3.63) is 47.2 Å². The summed E-state index contributed by atoms with van der Waals surface area (Å²) >= 11 is 5.93. The van der Waals surface area contributed by atoms with E-state index in [-0.39, 0.29) is 0 Å². The van der Waals surface area contributed by atoms with Crippen molar-refractivity contribution >= 4 is 17.3 Å². The maximum absolute atomic E-state index is 5.93. The molecule has 0 saturated carbocycles. The quantitative estimate of drug-likeness (QED) is 0.698. The highest BCUT2D eigenvalue weighted by Crippen LogP contribution is 2.29. The number of aromatic nitrogens is 1. The first-order chi connectivity index (χ1) is 6.84. The van der Waals surface area contributed by atoms with Crippen LogP contribution in [0.4, 0.5) is 5.69 Å². The molecule has 3 heteroatoms. The molecule has 2 aromatic rings. The molecule has 1 aromatic heterocycles. The van der Waals surface area contributed by atoms with E-state index in [2.05, 4.69) is 28.2 Å². The van der Waals surface area contributed by atoms with Crippen molar-refractivity contribution in [1.29, 1.82) is 0 Å². The van der Waals surface area contributed by atoms with E-state index in [0.29, 0.717) is 0 Å². The summed E-state index contributed by atoms with van der Waals surface area (Å²) in [6, 6.07) is 10.1. The van der Waals surface area contributed by atoms with Gasteiger partial charge in [0, 0.05) is 16.9 Å². The minimum Gasteiger partial charge on any atom is -0.378 e. The molecule has 0 bridgehead atoms. The van der Waals surface area contributed by atoms with Crippen LogP contribution in [0.3, 0.4) is 0 Å². The van der Waals surface area contributed by atoms with Crippen LogP contribution in [-0.2, 0) is 6.54 Å². The van der Waals surface area contributed by atoms with Crippen molar-refractivity contribution in [3.63, 3.8) is 0 Å². The summed E-state index contributed by atoms with van der Waals surface area (Å²) < 4.78 is 2.18. The molecule has 70 valence electrons. The summed E-state index contributed by atoms with van der Waals surface area (Å²) in [6.45, 7) is 0.861. The lowest BCUT2D eigenvalue weighted by molar-refractivity contribution is 0.908. The van der Waals surface area contributed by atoms with Crippen molar-refractivity contribution in [1.82, 2.24) is 4.57 Å². The van der Waals surface area contributed by atoms with Gasteiger partial charge in [-0.15, -0.1) is 0 Å². The van der Waals surface area contributed by atoms with Gasteiger partial charge >= 0.3 is 0 Å². The molecule has 0 amide bonds. The van der Waals surface area contributed by atoms with Crippen LogP contribution in [0.25, 0.3) is 5.69 Å². The van der Waals surface area contributed by atoms with Gasteiger partial charge < -0.3 is 9.88 Å². The van der Waals surface area contributed by atoms with E-state index >= 15 is 0 Å². The largest absolute Gasteiger partial charge is 0.378 e. The maximum Gasteiger partial charge on any atom is 0.0686 e. The van der Waals surface area contributed by atoms with E-state index in [0.717, 1.165) is 17.3 Å². The Kier molecular flexibility index (Phi) is 1.58. The summed E-state index contributed by atoms with van der Waals surface area (Å²) in [5.41, 5.74) is 3.54. The van der Waals surface area contributed by atoms with Gasteiger partial charge in [-0.2, -0.15) is 0 Å². The van der Waals surface area contributed by atoms with Crippen LogP contribution < -0.4 is 5.32 Å². The van der Waals surface area contributed by atoms with Crippen LogP contribution in [0.15, 0.2) is 36.5 Å². The zero-order chi connectivity index (χ0) is 9.54. The Bertz CT molecular complexity index is 488. The summed E-state index contributed by atoms with van der Waals surface area (Å²) in [5, 5.41) is 4.11. The third-order valence-electron chi connectivity index (χ3n) is 2.51. The van der Waals surface area contributed by atoms with Crippen molar-refractivity contribution in [2.24, 2.45) is 0 Å². The molecule has 0 radical (unpaired) electrons. The third kappa shape index (κ3) is 1.04. The predicted octanol–water partition coefficient (Wildman–Crippen LogP) is 3.06. The Morgan fingerprint density at radius 1 is 1.29 bits per heavy atom. The van der Waals surface area contributed by atoms with Crippen LogP contribution >= 0.6 is 11.6 Å². The molecule has 0 saturated heterocycles. The molecule has 1 aliphatic heterocycles. The van der Waals surface area contributed by atoms with Gasteiger partial charge in [0.15, 0.2) is 0 Å². The molecule has 2 nitrogen and oxygen atoms in total. The lowest BCUT2D eigenvalue weighted by Crippen LogP contribution is -2.13. The second-order valence-corrected chi connectivity index (χ2v) is 3.82. The van der Waals surface area contributed by atoms with Crippen molar-refractivity contribution < 1.29 is 0 Å². The fourth-order valence-electron chi connectivity index (χ4n) is 1.84. The number of rotatable bonds is 0. The standard InChI is InChI=1S/C11H9ClN2/c12-8-3-4-11-10(6-8)13-7-9-2-1-5-14(9)11/h1-6,13H,7H2. The fourth-order valence-corrected chi connectivity index (χ4v) is 2.01. The highest BCUT2D eigenvalue weighted by atomic mass is 35.5. The zero-order valence-corrected chi connectivity index (χ0v) is 8.25. The molecule has 2 heterocycles. The summed E-state index contributed by atoms with van der Waals surface area (Å²) in [4.78, 5) is 0. The molecule has 0 fully saturated rings. The van der Waals surface area contributed by atoms with Gasteiger partial charge in [-0.25, -0.2) is 0 Å². The number of hydrogen-bond acceptors (Lipinski definition) is 1. The molecule has 14 heavy (non-hydrogen) atoms. The van der Waals surface area contributed by atoms with Crippen LogP contribution in [0, 0.1) is 0 Å². The summed E-state index contributed by atoms with van der Waals surface area (Å²) in [7, 11) is 0. The fraction of sp³-hybridized carbons (Fsp3) is 0.0909. The molecular formula is C11H9ClN2. The van der Waals surface area contributed by atoms with Gasteiger partial charge in [0.1, 0.15) is 0 Å². The minimum atomic E-state index is 0.770. The second kappa shape index (κ2) is 2.79. The molecule has 3 rings (SSSR count). The van der Waals surface area contributed by atoms with Gasteiger partial charge in [-0.3, -0.25) is 0 Å². The van der Waals surface area contributed by atoms with Gasteiger partial charge in [0.25, 0.3) is 0 Å². The van der Waals surface area contributed by atoms with Gasteiger partial charge in [0.05, 0.1) is 17.9 Å². The van der Waals surface area contributed by atoms with Gasteiger partial charge in [0.2, 0.25) is 0 Å². The summed E-state index contributed by atoms with van der Waals surface area (Å²) in [5.74, 6) is 0. The number of nitrogens with zero attached hydrogens (tertiary/aromatic N) is 1. The van der Waals surface area contributed by atoms with Crippen LogP contribution in [0.1, 0.15) is 5.69 Å². The second-order valence-electron chi connectivity index (χ2n) is 3.38. The molecule has 1 N–H and O–H groups in total. The highest BCUT2D eigenvalue weighted by molar-refractivity contribution is 6.31. The number of anilines is 1. The van der Waals surface area contributed by atoms with E-state index in [1.54, 1.807) is 0 Å². The topological polar surface area (TPSA) is 17.0 Å². The van der Waals surface area contributed by atoms with E-state index in [1.165, 1.54) is 11.4 Å². The van der Waals surface area contributed by atoms with Crippen LogP contribution in [-0.4, -0.2) is 4.57 Å². The molecule has 1 aliphatic rings. The average Bonchev–Trinajstić information content (AvgIpc) is 2.65. The number of nitrogens with one attached hydrogen (secondary N) is 1. The third-order valence-corrected chi connectivity index (χ3v) is 2.75. The lowest BCUT2D eigenvalue weighted by Gasteiger charge is -2.21. The highest BCUT2D eigenvalue weighted by Gasteiger charge is 2.13. The predicted molar refractivity (Wildman–Crippen MR) is 58.1 cm³/mol. The Balaban J connectivity index is 2.26. The van der Waals surface area contributed by atoms with E-state index in [4.69, 9.17) is 11.6 Å². The SMILES string of the molecule is Clc1ccc2c(c1)NCc1cccn1-2. The van der Waals surface area contributed by atoms with Gasteiger partial charge in [-0.1, -0.05) is 11.6 Å². The zero-order valence-electron chi connectivity index (χ0n) is 7.50. The molecule has 0 aliphatic carbocycles. The monoisotopic (exact) mass is 204 g/mol. The normalized spacial score (nSPS) is 12.9. The van der Waals surface area contributed by atoms with Crippen LogP contribution in [0.5, 0.6) is 0 Å². The van der Waals surface area contributed by atoms with Crippen LogP contribution in [0.2, 0.25) is 5.02 Å². The number of fused-ring (bicyclic) bond motifs is 3. The first kappa shape index (κ1) is 7.94. The number of halogens is 1. The van der Waals surface area contributed by atoms with Crippen molar-refractivity contribution in [2.75, 3.05) is 5.32 Å². The van der Waals surface area contributed by atoms with E-state index in [1.807, 2.05) is 18.2 Å². The Morgan fingerprint density at radius 3 is 3.14 bits per heavy atom. The van der Waals surface area contributed by atoms with E-state index < -0.39 is 0 Å². The molecule has 0 spiro atoms. The minimum absolute atomic E-state index is 0.770. The summed E-state index contributed by atoms with van der Waals surface area (Å²) in [6.07, 6.45) is 2.07. The van der Waals surface area contributed by atoms with Crippen molar-refractivity contribution in [3.8, 4) is 5.69 Å². The maximum atomic E-state index is 5.93. The van der Waals surface area contributed by atoms with Crippen molar-refractivity contribution in [2.45, 2.75) is 6.54 Å². The lowest BCUT2D eigenvalue weighted by atomic mass is 10.2. The molecular weight excluding hydrogens is 196 g/mol. The number of hydrogen-bond donors (Lipinski definition) is 1. The molecule has 1 aromatic carbocycles. The molecule has 0 atom stereocenters. The Labute approximate surface area is 87.1 Å².